The number of ketones is 1. The van der Waals surface area contributed by atoms with Gasteiger partial charge in [0, 0.05) is 5.56 Å². The minimum atomic E-state index is -1.25. The van der Waals surface area contributed by atoms with E-state index >= 15 is 0 Å². The number of carbonyl (C=O) groups excluding carboxylic acids is 2. The zero-order chi connectivity index (χ0) is 20.6. The Morgan fingerprint density at radius 1 is 1.00 bits per heavy atom. The monoisotopic (exact) mass is 375 g/mol. The summed E-state index contributed by atoms with van der Waals surface area (Å²) in [5.41, 5.74) is 5.25. The highest BCUT2D eigenvalue weighted by Gasteiger charge is 2.11. The van der Waals surface area contributed by atoms with Gasteiger partial charge in [-0.2, -0.15) is 0 Å². The van der Waals surface area contributed by atoms with E-state index in [1.165, 1.54) is 31.2 Å². The molecule has 0 aliphatic heterocycles. The first-order chi connectivity index (χ1) is 12.6. The predicted molar refractivity (Wildman–Crippen MR) is 93.2 cm³/mol. The van der Waals surface area contributed by atoms with Crippen LogP contribution in [0.1, 0.15) is 38.0 Å². The Hall–Kier alpha value is -3.88. The molecule has 2 aromatic carbocycles. The van der Waals surface area contributed by atoms with E-state index in [0.717, 1.165) is 6.07 Å². The number of primary amides is 1. The van der Waals surface area contributed by atoms with Gasteiger partial charge in [-0.1, -0.05) is 12.1 Å². The molecule has 0 fully saturated rings. The van der Waals surface area contributed by atoms with Crippen LogP contribution in [0.2, 0.25) is 0 Å². The quantitative estimate of drug-likeness (QED) is 0.552. The Morgan fingerprint density at radius 3 is 2.15 bits per heavy atom. The normalized spacial score (nSPS) is 9.52. The summed E-state index contributed by atoms with van der Waals surface area (Å²) in [6, 6.07) is 9.93. The highest BCUT2D eigenvalue weighted by Crippen LogP contribution is 2.18. The van der Waals surface area contributed by atoms with Crippen LogP contribution >= 0.6 is 0 Å². The summed E-state index contributed by atoms with van der Waals surface area (Å²) >= 11 is 0. The molecule has 0 atom stereocenters. The number of benzene rings is 2. The number of Topliss-reactive ketones (excluding diaryl/α,β-unsaturated/α-hetero) is 1. The minimum absolute atomic E-state index is 0.175. The Balaban J connectivity index is 0.000000271. The van der Waals surface area contributed by atoms with E-state index in [1.54, 1.807) is 12.1 Å². The molecule has 5 N–H and O–H groups in total. The van der Waals surface area contributed by atoms with Gasteiger partial charge in [0.1, 0.15) is 17.1 Å². The number of carbonyl (C=O) groups is 4. The van der Waals surface area contributed by atoms with Gasteiger partial charge < -0.3 is 25.8 Å². The van der Waals surface area contributed by atoms with Crippen LogP contribution in [0.5, 0.6) is 11.5 Å². The van der Waals surface area contributed by atoms with E-state index < -0.39 is 24.5 Å². The average molecular weight is 375 g/mol. The summed E-state index contributed by atoms with van der Waals surface area (Å²) in [4.78, 5) is 42.5. The number of hydrogen-bond donors (Lipinski definition) is 4. The predicted octanol–water partition coefficient (Wildman–Crippen LogP) is 1.54. The van der Waals surface area contributed by atoms with Crippen LogP contribution in [0.4, 0.5) is 0 Å². The molecule has 142 valence electrons. The molecule has 9 heteroatoms. The number of phenols is 1. The molecule has 0 spiro atoms. The van der Waals surface area contributed by atoms with Gasteiger partial charge >= 0.3 is 11.9 Å². The first kappa shape index (κ1) is 21.2. The molecule has 0 bridgehead atoms. The molecule has 0 unspecified atom stereocenters. The summed E-state index contributed by atoms with van der Waals surface area (Å²) in [5, 5.41) is 26.1. The smallest absolute Gasteiger partial charge is 0.341 e. The maximum absolute atomic E-state index is 10.9. The average Bonchev–Trinajstić information content (AvgIpc) is 2.60. The summed E-state index contributed by atoms with van der Waals surface area (Å²) < 4.78 is 4.86. The van der Waals surface area contributed by atoms with Crippen molar-refractivity contribution in [2.24, 2.45) is 5.73 Å². The SMILES string of the molecule is CC(=O)c1ccc(O)c(C(=O)O)c1.NC(=O)c1ccccc1OCC(=O)O. The van der Waals surface area contributed by atoms with Gasteiger partial charge in [-0.15, -0.1) is 0 Å². The molecule has 27 heavy (non-hydrogen) atoms. The van der Waals surface area contributed by atoms with Crippen molar-refractivity contribution in [1.29, 1.82) is 0 Å². The number of aromatic hydroxyl groups is 1. The Morgan fingerprint density at radius 2 is 1.63 bits per heavy atom. The van der Waals surface area contributed by atoms with Gasteiger partial charge in [0.05, 0.1) is 5.56 Å². The van der Waals surface area contributed by atoms with Crippen molar-refractivity contribution in [3.05, 3.63) is 59.2 Å². The third-order valence-corrected chi connectivity index (χ3v) is 3.14. The second kappa shape index (κ2) is 9.56. The number of carboxylic acid groups (broad SMARTS) is 2. The molecule has 0 heterocycles. The molecule has 0 aromatic heterocycles. The largest absolute Gasteiger partial charge is 0.507 e. The lowest BCUT2D eigenvalue weighted by molar-refractivity contribution is -0.139. The summed E-state index contributed by atoms with van der Waals surface area (Å²) in [7, 11) is 0. The van der Waals surface area contributed by atoms with E-state index in [0.29, 0.717) is 0 Å². The molecule has 2 aromatic rings. The zero-order valence-corrected chi connectivity index (χ0v) is 14.2. The van der Waals surface area contributed by atoms with Crippen molar-refractivity contribution in [1.82, 2.24) is 0 Å². The van der Waals surface area contributed by atoms with Crippen LogP contribution in [0.3, 0.4) is 0 Å². The number of hydrogen-bond acceptors (Lipinski definition) is 6. The molecule has 2 rings (SSSR count). The number of nitrogens with two attached hydrogens (primary N) is 1. The molecule has 1 amide bonds. The van der Waals surface area contributed by atoms with Crippen molar-refractivity contribution in [3.8, 4) is 11.5 Å². The Bertz CT molecular complexity index is 875. The number of amides is 1. The highest BCUT2D eigenvalue weighted by molar-refractivity contribution is 5.98. The van der Waals surface area contributed by atoms with Crippen LogP contribution < -0.4 is 10.5 Å². The lowest BCUT2D eigenvalue weighted by Crippen LogP contribution is -2.15. The number of rotatable bonds is 6. The zero-order valence-electron chi connectivity index (χ0n) is 14.2. The first-order valence-electron chi connectivity index (χ1n) is 7.44. The van der Waals surface area contributed by atoms with Crippen molar-refractivity contribution < 1.29 is 39.2 Å². The second-order valence-corrected chi connectivity index (χ2v) is 5.14. The Labute approximate surface area is 153 Å². The molecule has 0 saturated carbocycles. The number of aliphatic carboxylic acids is 1. The molecule has 0 saturated heterocycles. The lowest BCUT2D eigenvalue weighted by atomic mass is 10.1. The van der Waals surface area contributed by atoms with E-state index in [9.17, 15) is 19.2 Å². The number of aromatic carboxylic acids is 1. The molecular weight excluding hydrogens is 358 g/mol. The minimum Gasteiger partial charge on any atom is -0.507 e. The van der Waals surface area contributed by atoms with Crippen LogP contribution in [0.15, 0.2) is 42.5 Å². The van der Waals surface area contributed by atoms with E-state index in [4.69, 9.17) is 25.8 Å². The van der Waals surface area contributed by atoms with Crippen LogP contribution in [-0.4, -0.2) is 45.6 Å². The van der Waals surface area contributed by atoms with Gasteiger partial charge in [-0.05, 0) is 37.3 Å². The van der Waals surface area contributed by atoms with Crippen LogP contribution in [0.25, 0.3) is 0 Å². The third kappa shape index (κ3) is 6.50. The molecule has 0 aliphatic carbocycles. The van der Waals surface area contributed by atoms with E-state index in [-0.39, 0.29) is 34.0 Å². The summed E-state index contributed by atoms with van der Waals surface area (Å²) in [6.07, 6.45) is 0. The van der Waals surface area contributed by atoms with Gasteiger partial charge in [-0.3, -0.25) is 9.59 Å². The topological polar surface area (TPSA) is 164 Å². The maximum atomic E-state index is 10.9. The third-order valence-electron chi connectivity index (χ3n) is 3.14. The van der Waals surface area contributed by atoms with Crippen molar-refractivity contribution in [3.63, 3.8) is 0 Å². The highest BCUT2D eigenvalue weighted by atomic mass is 16.5. The molecule has 9 nitrogen and oxygen atoms in total. The lowest BCUT2D eigenvalue weighted by Gasteiger charge is -2.06. The fourth-order valence-electron chi connectivity index (χ4n) is 1.86. The Kier molecular flexibility index (Phi) is 7.50. The fourth-order valence-corrected chi connectivity index (χ4v) is 1.86. The molecule has 0 aliphatic rings. The van der Waals surface area contributed by atoms with Crippen molar-refractivity contribution in [2.45, 2.75) is 6.92 Å². The van der Waals surface area contributed by atoms with Gasteiger partial charge in [0.15, 0.2) is 12.4 Å². The van der Waals surface area contributed by atoms with Gasteiger partial charge in [-0.25, -0.2) is 9.59 Å². The standard InChI is InChI=1S/C9H9NO4.C9H8O4/c10-9(13)6-3-1-2-4-7(6)14-5-8(11)12;1-5(10)6-2-3-8(11)7(4-6)9(12)13/h1-4H,5H2,(H2,10,13)(H,11,12);2-4,11H,1H3,(H,12,13). The van der Waals surface area contributed by atoms with E-state index in [2.05, 4.69) is 0 Å². The first-order valence-corrected chi connectivity index (χ1v) is 7.44. The van der Waals surface area contributed by atoms with Crippen molar-refractivity contribution in [2.75, 3.05) is 6.61 Å². The number of carboxylic acids is 2. The van der Waals surface area contributed by atoms with E-state index in [1.807, 2.05) is 0 Å². The van der Waals surface area contributed by atoms with Gasteiger partial charge in [0.25, 0.3) is 5.91 Å². The maximum Gasteiger partial charge on any atom is 0.341 e. The summed E-state index contributed by atoms with van der Waals surface area (Å²) in [5.74, 6) is -3.39. The van der Waals surface area contributed by atoms with Crippen LogP contribution in [-0.2, 0) is 4.79 Å². The van der Waals surface area contributed by atoms with Crippen molar-refractivity contribution >= 4 is 23.6 Å². The molecule has 0 radical (unpaired) electrons. The molecular formula is C18H17NO8. The van der Waals surface area contributed by atoms with Gasteiger partial charge in [0.2, 0.25) is 0 Å². The van der Waals surface area contributed by atoms with Crippen LogP contribution in [0, 0.1) is 0 Å². The second-order valence-electron chi connectivity index (χ2n) is 5.14. The fraction of sp³-hybridized carbons (Fsp3) is 0.111. The summed E-state index contributed by atoms with van der Waals surface area (Å²) in [6.45, 7) is 0.836. The number of ether oxygens (including phenoxy) is 1. The number of para-hydroxylation sites is 1.